The van der Waals surface area contributed by atoms with Crippen LogP contribution in [-0.2, 0) is 0 Å². The van der Waals surface area contributed by atoms with Crippen molar-refractivity contribution in [1.29, 1.82) is 0 Å². The molecule has 0 radical (unpaired) electrons. The lowest BCUT2D eigenvalue weighted by atomic mass is 9.99. The largest absolute Gasteiger partial charge is 0.477 e. The number of nitrogens with one attached hydrogen (secondary N) is 1. The molecule has 0 fully saturated rings. The van der Waals surface area contributed by atoms with E-state index >= 15 is 0 Å². The standard InChI is InChI=1S/C13H10ClN3O3/c1-3-7-6(2)16-10(13(19)20)4-8(7)11-9(14)5-15-17-12(11)18/h3-5H,1H2,2H3,(H,17,18)(H,19,20). The normalized spacial score (nSPS) is 10.3. The second-order valence-corrected chi connectivity index (χ2v) is 4.39. The molecule has 20 heavy (non-hydrogen) atoms. The van der Waals surface area contributed by atoms with Crippen molar-refractivity contribution in [2.45, 2.75) is 6.92 Å². The van der Waals surface area contributed by atoms with Gasteiger partial charge >= 0.3 is 5.97 Å². The minimum atomic E-state index is -1.19. The lowest BCUT2D eigenvalue weighted by Crippen LogP contribution is -2.13. The van der Waals surface area contributed by atoms with Crippen molar-refractivity contribution >= 4 is 23.6 Å². The molecule has 0 aliphatic rings. The van der Waals surface area contributed by atoms with Crippen LogP contribution in [0.2, 0.25) is 5.02 Å². The molecule has 7 heteroatoms. The molecule has 0 atom stereocenters. The molecule has 0 unspecified atom stereocenters. The Bertz CT molecular complexity index is 768. The highest BCUT2D eigenvalue weighted by Gasteiger charge is 2.17. The number of pyridine rings is 1. The van der Waals surface area contributed by atoms with Gasteiger partial charge in [-0.15, -0.1) is 0 Å². The molecule has 6 nitrogen and oxygen atoms in total. The molecule has 0 aromatic carbocycles. The number of hydrogen-bond acceptors (Lipinski definition) is 4. The van der Waals surface area contributed by atoms with Gasteiger partial charge in [0.25, 0.3) is 5.56 Å². The van der Waals surface area contributed by atoms with E-state index in [2.05, 4.69) is 21.8 Å². The third-order valence-corrected chi connectivity index (χ3v) is 3.04. The van der Waals surface area contributed by atoms with Gasteiger partial charge in [0.2, 0.25) is 0 Å². The Labute approximate surface area is 118 Å². The number of carboxylic acid groups (broad SMARTS) is 1. The van der Waals surface area contributed by atoms with Crippen molar-refractivity contribution < 1.29 is 9.90 Å². The molecule has 0 aliphatic carbocycles. The first-order valence-corrected chi connectivity index (χ1v) is 5.94. The lowest BCUT2D eigenvalue weighted by molar-refractivity contribution is 0.0690. The van der Waals surface area contributed by atoms with Gasteiger partial charge in [-0.05, 0) is 13.0 Å². The summed E-state index contributed by atoms with van der Waals surface area (Å²) >= 11 is 5.99. The van der Waals surface area contributed by atoms with E-state index < -0.39 is 11.5 Å². The molecular formula is C13H10ClN3O3. The van der Waals surface area contributed by atoms with Crippen LogP contribution in [0.1, 0.15) is 21.7 Å². The van der Waals surface area contributed by atoms with Gasteiger partial charge in [0, 0.05) is 16.8 Å². The molecule has 0 amide bonds. The van der Waals surface area contributed by atoms with Crippen LogP contribution >= 0.6 is 11.6 Å². The number of aromatic carboxylic acids is 1. The highest BCUT2D eigenvalue weighted by atomic mass is 35.5. The quantitative estimate of drug-likeness (QED) is 0.903. The van der Waals surface area contributed by atoms with Crippen LogP contribution in [0.15, 0.2) is 23.6 Å². The molecule has 0 bridgehead atoms. The van der Waals surface area contributed by atoms with Crippen LogP contribution < -0.4 is 5.56 Å². The Balaban J connectivity index is 2.88. The second-order valence-electron chi connectivity index (χ2n) is 3.99. The number of aromatic amines is 1. The average molecular weight is 292 g/mol. The Hall–Kier alpha value is -2.47. The van der Waals surface area contributed by atoms with E-state index in [1.807, 2.05) is 0 Å². The first-order valence-electron chi connectivity index (χ1n) is 5.56. The summed E-state index contributed by atoms with van der Waals surface area (Å²) in [6, 6.07) is 1.29. The zero-order valence-corrected chi connectivity index (χ0v) is 11.2. The van der Waals surface area contributed by atoms with Gasteiger partial charge in [-0.2, -0.15) is 5.10 Å². The molecule has 0 saturated heterocycles. The maximum Gasteiger partial charge on any atom is 0.354 e. The van der Waals surface area contributed by atoms with Crippen LogP contribution in [0.4, 0.5) is 0 Å². The fourth-order valence-corrected chi connectivity index (χ4v) is 2.12. The van der Waals surface area contributed by atoms with Gasteiger partial charge in [0.1, 0.15) is 5.69 Å². The molecule has 0 spiro atoms. The monoisotopic (exact) mass is 291 g/mol. The van der Waals surface area contributed by atoms with Crippen LogP contribution in [-0.4, -0.2) is 26.3 Å². The molecule has 2 aromatic rings. The zero-order valence-electron chi connectivity index (χ0n) is 10.5. The molecule has 2 aromatic heterocycles. The number of H-pyrrole nitrogens is 1. The van der Waals surface area contributed by atoms with Crippen molar-refractivity contribution in [2.75, 3.05) is 0 Å². The topological polar surface area (TPSA) is 95.9 Å². The fraction of sp³-hybridized carbons (Fsp3) is 0.0769. The van der Waals surface area contributed by atoms with Crippen LogP contribution in [0.25, 0.3) is 17.2 Å². The third kappa shape index (κ3) is 2.33. The SMILES string of the molecule is C=Cc1c(-c2c(Cl)cn[nH]c2=O)cc(C(=O)O)nc1C. The van der Waals surface area contributed by atoms with Crippen molar-refractivity contribution in [3.63, 3.8) is 0 Å². The fourth-order valence-electron chi connectivity index (χ4n) is 1.88. The number of aryl methyl sites for hydroxylation is 1. The summed E-state index contributed by atoms with van der Waals surface area (Å²) in [5.74, 6) is -1.19. The molecular weight excluding hydrogens is 282 g/mol. The van der Waals surface area contributed by atoms with Gasteiger partial charge in [0.15, 0.2) is 0 Å². The predicted octanol–water partition coefficient (Wildman–Crippen LogP) is 2.13. The van der Waals surface area contributed by atoms with Crippen molar-refractivity contribution in [1.82, 2.24) is 15.2 Å². The summed E-state index contributed by atoms with van der Waals surface area (Å²) in [4.78, 5) is 26.9. The highest BCUT2D eigenvalue weighted by molar-refractivity contribution is 6.33. The van der Waals surface area contributed by atoms with E-state index in [1.54, 1.807) is 6.92 Å². The smallest absolute Gasteiger partial charge is 0.354 e. The first kappa shape index (κ1) is 14.0. The minimum absolute atomic E-state index is 0.124. The van der Waals surface area contributed by atoms with Crippen LogP contribution in [0, 0.1) is 6.92 Å². The highest BCUT2D eigenvalue weighted by Crippen LogP contribution is 2.29. The van der Waals surface area contributed by atoms with Gasteiger partial charge in [0.05, 0.1) is 16.8 Å². The van der Waals surface area contributed by atoms with E-state index in [0.717, 1.165) is 0 Å². The minimum Gasteiger partial charge on any atom is -0.477 e. The molecule has 102 valence electrons. The van der Waals surface area contributed by atoms with E-state index in [4.69, 9.17) is 16.7 Å². The number of halogens is 1. The number of nitrogens with zero attached hydrogens (tertiary/aromatic N) is 2. The van der Waals surface area contributed by atoms with Gasteiger partial charge in [-0.1, -0.05) is 24.3 Å². The van der Waals surface area contributed by atoms with Crippen molar-refractivity contribution in [3.05, 3.63) is 51.2 Å². The Kier molecular flexibility index (Phi) is 3.67. The molecule has 2 rings (SSSR count). The number of carbonyl (C=O) groups is 1. The molecule has 2 N–H and O–H groups in total. The van der Waals surface area contributed by atoms with Crippen LogP contribution in [0.3, 0.4) is 0 Å². The number of hydrogen-bond donors (Lipinski definition) is 2. The molecule has 2 heterocycles. The Morgan fingerprint density at radius 3 is 2.80 bits per heavy atom. The summed E-state index contributed by atoms with van der Waals surface area (Å²) in [6.45, 7) is 5.29. The Morgan fingerprint density at radius 2 is 2.25 bits per heavy atom. The maximum atomic E-state index is 11.9. The number of aromatic nitrogens is 3. The lowest BCUT2D eigenvalue weighted by Gasteiger charge is -2.10. The first-order chi connectivity index (χ1) is 9.45. The third-order valence-electron chi connectivity index (χ3n) is 2.75. The predicted molar refractivity (Wildman–Crippen MR) is 74.9 cm³/mol. The summed E-state index contributed by atoms with van der Waals surface area (Å²) in [6.07, 6.45) is 2.78. The number of carboxylic acids is 1. The number of rotatable bonds is 3. The van der Waals surface area contributed by atoms with E-state index in [-0.39, 0.29) is 16.3 Å². The zero-order chi connectivity index (χ0) is 14.9. The van der Waals surface area contributed by atoms with Crippen molar-refractivity contribution in [2.24, 2.45) is 0 Å². The van der Waals surface area contributed by atoms with E-state index in [9.17, 15) is 9.59 Å². The second kappa shape index (κ2) is 5.26. The Morgan fingerprint density at radius 1 is 1.55 bits per heavy atom. The van der Waals surface area contributed by atoms with Gasteiger partial charge in [-0.3, -0.25) is 4.79 Å². The van der Waals surface area contributed by atoms with E-state index in [0.29, 0.717) is 16.8 Å². The summed E-state index contributed by atoms with van der Waals surface area (Å²) < 4.78 is 0. The van der Waals surface area contributed by atoms with Gasteiger partial charge < -0.3 is 5.11 Å². The maximum absolute atomic E-state index is 11.9. The van der Waals surface area contributed by atoms with Gasteiger partial charge in [-0.25, -0.2) is 14.9 Å². The average Bonchev–Trinajstić information content (AvgIpc) is 2.38. The molecule has 0 aliphatic heterocycles. The molecule has 0 saturated carbocycles. The van der Waals surface area contributed by atoms with Crippen LogP contribution in [0.5, 0.6) is 0 Å². The summed E-state index contributed by atoms with van der Waals surface area (Å²) in [5, 5.41) is 15.0. The van der Waals surface area contributed by atoms with E-state index in [1.165, 1.54) is 18.3 Å². The summed E-state index contributed by atoms with van der Waals surface area (Å²) in [5.41, 5.74) is 0.816. The van der Waals surface area contributed by atoms with Crippen molar-refractivity contribution in [3.8, 4) is 11.1 Å². The summed E-state index contributed by atoms with van der Waals surface area (Å²) in [7, 11) is 0.